The molecule has 1 fully saturated rings. The summed E-state index contributed by atoms with van der Waals surface area (Å²) in [6.45, 7) is 11.8. The van der Waals surface area contributed by atoms with Crippen molar-refractivity contribution in [2.75, 3.05) is 13.6 Å². The summed E-state index contributed by atoms with van der Waals surface area (Å²) in [6, 6.07) is 22.7. The Morgan fingerprint density at radius 2 is 0.476 bits per heavy atom. The van der Waals surface area contributed by atoms with Crippen LogP contribution in [0.4, 0.5) is 0 Å². The van der Waals surface area contributed by atoms with Crippen LogP contribution in [0.15, 0.2) is 54.6 Å². The van der Waals surface area contributed by atoms with E-state index in [1.165, 1.54) is 0 Å². The van der Waals surface area contributed by atoms with Crippen molar-refractivity contribution in [3.8, 4) is 0 Å². The van der Waals surface area contributed by atoms with Gasteiger partial charge < -0.3 is 0 Å². The number of hydrogen-bond acceptors (Lipinski definition) is 1. The maximum absolute atomic E-state index is 3.01. The van der Waals surface area contributed by atoms with Gasteiger partial charge in [0.05, 0.1) is 26.0 Å². The molecule has 1 atom stereocenters. The Balaban J connectivity index is 0.950. The van der Waals surface area contributed by atoms with Gasteiger partial charge in [-0.1, -0.05) is 91.2 Å². The zero-order chi connectivity index (χ0) is 50.4. The molecule has 35 rings (SSSR count). The van der Waals surface area contributed by atoms with E-state index >= 15 is 0 Å². The minimum absolute atomic E-state index is 0.154. The van der Waals surface area contributed by atoms with Crippen LogP contribution in [-0.2, 0) is 10.8 Å². The predicted molar refractivity (Wildman–Crippen MR) is 356 cm³/mol. The van der Waals surface area contributed by atoms with Gasteiger partial charge in [0.2, 0.25) is 0 Å². The quantitative estimate of drug-likeness (QED) is 0.125. The maximum Gasteiger partial charge on any atom is 0.0791 e. The molecule has 82 heavy (non-hydrogen) atoms. The van der Waals surface area contributed by atoms with Crippen LogP contribution in [0.25, 0.3) is 291 Å². The molecule has 1 aliphatic heterocycles. The van der Waals surface area contributed by atoms with Crippen molar-refractivity contribution in [1.29, 1.82) is 0 Å². The molecule has 0 amide bonds. The fourth-order valence-electron chi connectivity index (χ4n) is 28.2. The van der Waals surface area contributed by atoms with Crippen molar-refractivity contribution in [2.24, 2.45) is 0 Å². The van der Waals surface area contributed by atoms with E-state index in [0.29, 0.717) is 0 Å². The molecular formula is C79H27NSi2. The van der Waals surface area contributed by atoms with E-state index in [1.54, 1.807) is 329 Å². The van der Waals surface area contributed by atoms with Crippen LogP contribution in [-0.4, -0.2) is 33.7 Å². The zero-order valence-corrected chi connectivity index (χ0v) is 46.4. The largest absolute Gasteiger partial charge is 0.297 e. The van der Waals surface area contributed by atoms with Crippen LogP contribution in [0.1, 0.15) is 33.9 Å². The van der Waals surface area contributed by atoms with E-state index in [2.05, 4.69) is 92.7 Å². The van der Waals surface area contributed by atoms with Crippen LogP contribution in [0, 0.1) is 0 Å². The highest BCUT2D eigenvalue weighted by molar-refractivity contribution is 7.50. The van der Waals surface area contributed by atoms with Gasteiger partial charge in [0, 0.05) is 12.6 Å². The molecule has 0 radical (unpaired) electrons. The number of likely N-dealkylation sites (N-methyl/N-ethyl adjacent to an activating group) is 1. The molecule has 1 unspecified atom stereocenters. The third kappa shape index (κ3) is 1.98. The average Bonchev–Trinajstić information content (AvgIpc) is 1.39. The average molecular weight is 1050 g/mol. The van der Waals surface area contributed by atoms with Gasteiger partial charge in [-0.15, -0.1) is 0 Å². The lowest BCUT2D eigenvalue weighted by molar-refractivity contribution is 0.271. The van der Waals surface area contributed by atoms with Gasteiger partial charge in [-0.2, -0.15) is 0 Å². The van der Waals surface area contributed by atoms with Gasteiger partial charge in [0.1, 0.15) is 0 Å². The minimum atomic E-state index is -1.94. The van der Waals surface area contributed by atoms with E-state index in [0.717, 1.165) is 6.54 Å². The fourth-order valence-corrected chi connectivity index (χ4v) is 37.0. The molecule has 30 aromatic carbocycles. The Bertz CT molecular complexity index is 7840. The molecule has 30 aromatic rings. The van der Waals surface area contributed by atoms with Crippen molar-refractivity contribution < 1.29 is 0 Å². The Kier molecular flexibility index (Phi) is 3.31. The predicted octanol–water partition coefficient (Wildman–Crippen LogP) is 19.6. The monoisotopic (exact) mass is 1050 g/mol. The van der Waals surface area contributed by atoms with Crippen LogP contribution in [0.3, 0.4) is 0 Å². The molecule has 1 nitrogen and oxygen atoms in total. The van der Waals surface area contributed by atoms with Crippen LogP contribution < -0.4 is 10.4 Å². The molecule has 3 heteroatoms. The number of nitrogens with zero attached hydrogens (tertiary/aromatic N) is 1. The molecule has 1 heterocycles. The number of benzene rings is 20. The number of rotatable bonds is 4. The summed E-state index contributed by atoms with van der Waals surface area (Å²) in [7, 11) is -1.16. The summed E-state index contributed by atoms with van der Waals surface area (Å²) in [4.78, 5) is 3.01. The first-order valence-corrected chi connectivity index (χ1v) is 37.9. The van der Waals surface area contributed by atoms with E-state index < -0.39 is 15.2 Å². The second-order valence-corrected chi connectivity index (χ2v) is 46.2. The summed E-state index contributed by atoms with van der Waals surface area (Å²) < 4.78 is 0. The fraction of sp³-hybridized carbons (Fsp3) is 0.114. The minimum Gasteiger partial charge on any atom is -0.297 e. The number of hydrogen-bond donors (Lipinski definition) is 0. The summed E-state index contributed by atoms with van der Waals surface area (Å²) in [5, 5.41) is 94.0. The summed E-state index contributed by atoms with van der Waals surface area (Å²) >= 11 is 0. The molecule has 0 N–H and O–H groups in total. The highest BCUT2D eigenvalue weighted by Crippen LogP contribution is 2.87. The lowest BCUT2D eigenvalue weighted by Crippen LogP contribution is -2.69. The summed E-state index contributed by atoms with van der Waals surface area (Å²) in [6.07, 6.45) is 0. The highest BCUT2D eigenvalue weighted by atomic mass is 29.3. The van der Waals surface area contributed by atoms with Gasteiger partial charge >= 0.3 is 0 Å². The van der Waals surface area contributed by atoms with E-state index in [-0.39, 0.29) is 16.9 Å². The Morgan fingerprint density at radius 3 is 0.720 bits per heavy atom. The van der Waals surface area contributed by atoms with Crippen molar-refractivity contribution >= 4 is 316 Å². The van der Waals surface area contributed by atoms with Gasteiger partial charge in [0.15, 0.2) is 0 Å². The second-order valence-electron chi connectivity index (χ2n) is 31.0. The smallest absolute Gasteiger partial charge is 0.0791 e. The lowest BCUT2D eigenvalue weighted by atomic mass is 9.47. The molecule has 0 bridgehead atoms. The van der Waals surface area contributed by atoms with Gasteiger partial charge in [-0.05, 0) is 326 Å². The Hall–Kier alpha value is -8.71. The third-order valence-electron chi connectivity index (χ3n) is 29.9. The topological polar surface area (TPSA) is 3.24 Å². The summed E-state index contributed by atoms with van der Waals surface area (Å²) in [5.41, 5.74) is 8.09. The lowest BCUT2D eigenvalue weighted by Gasteiger charge is -2.52. The van der Waals surface area contributed by atoms with Crippen LogP contribution >= 0.6 is 0 Å². The SMILES string of the molecule is CN1CC23c4c5c6c7c8c9c(c%10c%11c2c2c4c4c%12c5c5c6c6c8c8c%13c9c9c%10c%10c%11c%11c2c2c4c4c%12c%12c5c5c6c8c6c8c%13c9c9c%10c%10c%11c2c2c4c4c%12c5c6c5c8c9c%10c2c45)C73C1c1ccc([Si](C)(C)[Si](C)(C)c2ccccc2)cc1. The number of likely N-dealkylation sites (tertiary alicyclic amines) is 1. The molecular weight excluding hydrogens is 1020 g/mol. The molecule has 1 saturated heterocycles. The highest BCUT2D eigenvalue weighted by Gasteiger charge is 2.76. The van der Waals surface area contributed by atoms with Crippen molar-refractivity contribution in [3.63, 3.8) is 0 Å². The first-order valence-electron chi connectivity index (χ1n) is 30.9. The first-order chi connectivity index (χ1) is 40.3. The van der Waals surface area contributed by atoms with Crippen molar-refractivity contribution in [3.05, 3.63) is 82.4 Å². The van der Waals surface area contributed by atoms with Gasteiger partial charge in [0.25, 0.3) is 0 Å². The molecule has 4 aliphatic carbocycles. The molecule has 0 aromatic heterocycles. The molecule has 0 saturated carbocycles. The maximum atomic E-state index is 3.01. The standard InChI is InChI=1S/C79H27NSi2/c1-80-15-78-73-65-57-47-37-29-21-19-20-23-27-25(21)33-41-35(27)45-39-31(23)32-24(20)28-26-22(19)30(29)38-44-34(26)42-36(28)46-40(32)50-49(39)61-55(45)63-53(41)59(51(57)43(33)37)67(73)69(63)75-71(61)72-62(50)56(46)64-54(42)60-52(44)58(48(38)47)66(65)74(78)68(60)70(64)76(72)79(75,78)77(80)16-11-13-18(14-12-16)82(4,5)81(2,3)17-9-7-6-8-10-17/h6-14,77H,15H2,1-5H3. The van der Waals surface area contributed by atoms with E-state index in [9.17, 15) is 0 Å². The van der Waals surface area contributed by atoms with E-state index in [1.807, 2.05) is 0 Å². The van der Waals surface area contributed by atoms with Gasteiger partial charge in [-0.25, -0.2) is 0 Å². The van der Waals surface area contributed by atoms with Crippen LogP contribution in [0.2, 0.25) is 26.2 Å². The Labute approximate surface area is 457 Å². The third-order valence-corrected chi connectivity index (χ3v) is 47.7. The first kappa shape index (κ1) is 33.9. The molecule has 5 aliphatic rings. The van der Waals surface area contributed by atoms with E-state index in [4.69, 9.17) is 0 Å². The van der Waals surface area contributed by atoms with Crippen LogP contribution in [0.5, 0.6) is 0 Å². The van der Waals surface area contributed by atoms with Crippen molar-refractivity contribution in [1.82, 2.24) is 4.90 Å². The molecule has 2 spiro atoms. The molecule has 356 valence electrons. The van der Waals surface area contributed by atoms with Crippen molar-refractivity contribution in [2.45, 2.75) is 43.1 Å². The second kappa shape index (κ2) is 8.00. The Morgan fingerprint density at radius 1 is 0.268 bits per heavy atom. The normalized spacial score (nSPS) is 22.6. The summed E-state index contributed by atoms with van der Waals surface area (Å²) in [5.74, 6) is 0. The zero-order valence-electron chi connectivity index (χ0n) is 44.4. The van der Waals surface area contributed by atoms with Gasteiger partial charge in [-0.3, -0.25) is 4.90 Å².